The van der Waals surface area contributed by atoms with E-state index in [1.807, 2.05) is 30.3 Å². The van der Waals surface area contributed by atoms with E-state index >= 15 is 0 Å². The Morgan fingerprint density at radius 3 is 2.48 bits per heavy atom. The number of amides is 1. The van der Waals surface area contributed by atoms with Gasteiger partial charge < -0.3 is 10.1 Å². The van der Waals surface area contributed by atoms with E-state index < -0.39 is 0 Å². The van der Waals surface area contributed by atoms with Crippen LogP contribution >= 0.6 is 0 Å². The molecule has 1 atom stereocenters. The van der Waals surface area contributed by atoms with Crippen LogP contribution in [0.1, 0.15) is 29.6 Å². The van der Waals surface area contributed by atoms with Crippen LogP contribution in [0.4, 0.5) is 0 Å². The Morgan fingerprint density at radius 2 is 1.86 bits per heavy atom. The van der Waals surface area contributed by atoms with E-state index in [1.54, 1.807) is 0 Å². The van der Waals surface area contributed by atoms with Crippen LogP contribution < -0.4 is 5.32 Å². The van der Waals surface area contributed by atoms with Crippen LogP contribution in [0.25, 0.3) is 0 Å². The lowest BCUT2D eigenvalue weighted by Crippen LogP contribution is -2.49. The van der Waals surface area contributed by atoms with Gasteiger partial charge in [-0.05, 0) is 25.0 Å². The van der Waals surface area contributed by atoms with E-state index in [2.05, 4.69) is 10.2 Å². The van der Waals surface area contributed by atoms with Gasteiger partial charge in [-0.15, -0.1) is 0 Å². The maximum absolute atomic E-state index is 12.1. The Morgan fingerprint density at radius 1 is 1.14 bits per heavy atom. The van der Waals surface area contributed by atoms with Crippen molar-refractivity contribution in [2.24, 2.45) is 0 Å². The molecule has 0 saturated carbocycles. The molecule has 0 spiro atoms. The van der Waals surface area contributed by atoms with Crippen molar-refractivity contribution in [3.8, 4) is 0 Å². The van der Waals surface area contributed by atoms with Gasteiger partial charge in [-0.3, -0.25) is 14.5 Å². The zero-order valence-electron chi connectivity index (χ0n) is 12.0. The Kier molecular flexibility index (Phi) is 4.20. The first kappa shape index (κ1) is 14.1. The summed E-state index contributed by atoms with van der Waals surface area (Å²) in [5.41, 5.74) is 0.694. The molecule has 0 aliphatic carbocycles. The highest BCUT2D eigenvalue weighted by atomic mass is 16.5. The maximum atomic E-state index is 12.1. The molecule has 1 N–H and O–H groups in total. The van der Waals surface area contributed by atoms with Crippen molar-refractivity contribution in [1.29, 1.82) is 0 Å². The van der Waals surface area contributed by atoms with E-state index in [-0.39, 0.29) is 24.0 Å². The van der Waals surface area contributed by atoms with Crippen LogP contribution in [0.2, 0.25) is 0 Å². The van der Waals surface area contributed by atoms with E-state index in [4.69, 9.17) is 4.74 Å². The van der Waals surface area contributed by atoms with Crippen molar-refractivity contribution in [3.63, 3.8) is 0 Å². The average Bonchev–Trinajstić information content (AvgIpc) is 2.95. The number of piperidine rings is 1. The van der Waals surface area contributed by atoms with Crippen molar-refractivity contribution < 1.29 is 14.3 Å². The molecule has 5 nitrogen and oxygen atoms in total. The summed E-state index contributed by atoms with van der Waals surface area (Å²) in [7, 11) is 0. The zero-order chi connectivity index (χ0) is 14.7. The summed E-state index contributed by atoms with van der Waals surface area (Å²) in [5.74, 6) is -0.115. The molecular weight excluding hydrogens is 268 g/mol. The number of carbonyl (C=O) groups excluding carboxylic acids is 2. The van der Waals surface area contributed by atoms with Gasteiger partial charge in [0.2, 0.25) is 0 Å². The largest absolute Gasteiger partial charge is 0.464 e. The summed E-state index contributed by atoms with van der Waals surface area (Å²) in [4.78, 5) is 25.9. The fourth-order valence-corrected chi connectivity index (χ4v) is 3.03. The average molecular weight is 288 g/mol. The van der Waals surface area contributed by atoms with Gasteiger partial charge in [0.25, 0.3) is 5.91 Å². The second kappa shape index (κ2) is 6.26. The molecule has 1 aromatic carbocycles. The molecule has 5 heteroatoms. The summed E-state index contributed by atoms with van der Waals surface area (Å²) in [5, 5.41) is 3.08. The smallest absolute Gasteiger partial charge is 0.323 e. The minimum atomic E-state index is -0.0956. The fraction of sp³-hybridized carbons (Fsp3) is 0.500. The summed E-state index contributed by atoms with van der Waals surface area (Å²) in [6.07, 6.45) is 2.55. The molecule has 2 fully saturated rings. The molecule has 0 bridgehead atoms. The highest BCUT2D eigenvalue weighted by Gasteiger charge is 2.34. The lowest BCUT2D eigenvalue weighted by molar-refractivity contribution is -0.142. The number of hydrogen-bond donors (Lipinski definition) is 1. The third kappa shape index (κ3) is 3.24. The third-order valence-corrected chi connectivity index (χ3v) is 4.25. The molecular formula is C16H20N2O3. The van der Waals surface area contributed by atoms with Crippen LogP contribution in [0.5, 0.6) is 0 Å². The number of likely N-dealkylation sites (tertiary alicyclic amines) is 1. The number of rotatable bonds is 3. The molecule has 3 rings (SSSR count). The van der Waals surface area contributed by atoms with Crippen LogP contribution in [0.15, 0.2) is 30.3 Å². The van der Waals surface area contributed by atoms with Gasteiger partial charge in [0, 0.05) is 31.1 Å². The van der Waals surface area contributed by atoms with Crippen LogP contribution in [-0.2, 0) is 9.53 Å². The molecule has 21 heavy (non-hydrogen) atoms. The van der Waals surface area contributed by atoms with Crippen LogP contribution in [0, 0.1) is 0 Å². The Labute approximate surface area is 124 Å². The standard InChI is InChI=1S/C16H20N2O3/c19-15(12-4-2-1-3-5-12)17-13-6-9-18(10-7-13)14-8-11-21-16(14)20/h1-5,13-14H,6-11H2,(H,17,19). The number of carbonyl (C=O) groups is 2. The van der Waals surface area contributed by atoms with Crippen molar-refractivity contribution in [2.45, 2.75) is 31.3 Å². The number of ether oxygens (including phenoxy) is 1. The normalized spacial score (nSPS) is 23.8. The molecule has 0 radical (unpaired) electrons. The van der Waals surface area contributed by atoms with Gasteiger partial charge >= 0.3 is 5.97 Å². The van der Waals surface area contributed by atoms with Crippen molar-refractivity contribution in [3.05, 3.63) is 35.9 Å². The van der Waals surface area contributed by atoms with Crippen molar-refractivity contribution >= 4 is 11.9 Å². The van der Waals surface area contributed by atoms with Crippen molar-refractivity contribution in [2.75, 3.05) is 19.7 Å². The third-order valence-electron chi connectivity index (χ3n) is 4.25. The first-order valence-corrected chi connectivity index (χ1v) is 7.50. The van der Waals surface area contributed by atoms with Gasteiger partial charge in [-0.2, -0.15) is 0 Å². The summed E-state index contributed by atoms with van der Waals surface area (Å²) >= 11 is 0. The number of cyclic esters (lactones) is 1. The van der Waals surface area contributed by atoms with Gasteiger partial charge in [0.05, 0.1) is 6.61 Å². The Bertz CT molecular complexity index is 510. The van der Waals surface area contributed by atoms with Gasteiger partial charge in [-0.25, -0.2) is 0 Å². The minimum Gasteiger partial charge on any atom is -0.464 e. The van der Waals surface area contributed by atoms with Crippen LogP contribution in [-0.4, -0.2) is 48.6 Å². The topological polar surface area (TPSA) is 58.6 Å². The molecule has 2 aliphatic heterocycles. The highest BCUT2D eigenvalue weighted by Crippen LogP contribution is 2.19. The lowest BCUT2D eigenvalue weighted by Gasteiger charge is -2.34. The summed E-state index contributed by atoms with van der Waals surface area (Å²) < 4.78 is 5.02. The minimum absolute atomic E-state index is 0.0191. The molecule has 112 valence electrons. The first-order valence-electron chi connectivity index (χ1n) is 7.50. The van der Waals surface area contributed by atoms with Crippen LogP contribution in [0.3, 0.4) is 0 Å². The molecule has 1 aromatic rings. The predicted octanol–water partition coefficient (Wildman–Crippen LogP) is 1.20. The number of nitrogens with zero attached hydrogens (tertiary/aromatic N) is 1. The number of benzene rings is 1. The van der Waals surface area contributed by atoms with E-state index in [1.165, 1.54) is 0 Å². The number of esters is 1. The van der Waals surface area contributed by atoms with Crippen molar-refractivity contribution in [1.82, 2.24) is 10.2 Å². The molecule has 1 unspecified atom stereocenters. The Balaban J connectivity index is 1.50. The fourth-order valence-electron chi connectivity index (χ4n) is 3.03. The highest BCUT2D eigenvalue weighted by molar-refractivity contribution is 5.94. The molecule has 2 saturated heterocycles. The predicted molar refractivity (Wildman–Crippen MR) is 77.9 cm³/mol. The van der Waals surface area contributed by atoms with E-state index in [0.717, 1.165) is 32.4 Å². The van der Waals surface area contributed by atoms with Gasteiger partial charge in [0.15, 0.2) is 0 Å². The molecule has 2 aliphatic rings. The summed E-state index contributed by atoms with van der Waals surface area (Å²) in [6.45, 7) is 2.20. The second-order valence-electron chi connectivity index (χ2n) is 5.62. The van der Waals surface area contributed by atoms with Gasteiger partial charge in [-0.1, -0.05) is 18.2 Å². The SMILES string of the molecule is O=C(NC1CCN(C2CCOC2=O)CC1)c1ccccc1. The second-order valence-corrected chi connectivity index (χ2v) is 5.62. The first-order chi connectivity index (χ1) is 10.2. The zero-order valence-corrected chi connectivity index (χ0v) is 12.0. The lowest BCUT2D eigenvalue weighted by atomic mass is 10.0. The summed E-state index contributed by atoms with van der Waals surface area (Å²) in [6, 6.07) is 9.38. The van der Waals surface area contributed by atoms with E-state index in [0.29, 0.717) is 12.2 Å². The maximum Gasteiger partial charge on any atom is 0.323 e. The molecule has 1 amide bonds. The number of nitrogens with one attached hydrogen (secondary N) is 1. The van der Waals surface area contributed by atoms with Gasteiger partial charge in [0.1, 0.15) is 6.04 Å². The number of hydrogen-bond acceptors (Lipinski definition) is 4. The molecule has 0 aromatic heterocycles. The van der Waals surface area contributed by atoms with E-state index in [9.17, 15) is 9.59 Å². The Hall–Kier alpha value is -1.88. The monoisotopic (exact) mass is 288 g/mol. The molecule has 2 heterocycles. The quantitative estimate of drug-likeness (QED) is 0.849.